The molecule has 4 nitrogen and oxygen atoms in total. The quantitative estimate of drug-likeness (QED) is 0.169. The zero-order valence-electron chi connectivity index (χ0n) is 53.2. The molecule has 71 heavy (non-hydrogen) atoms. The van der Waals surface area contributed by atoms with Gasteiger partial charge in [0.25, 0.3) is 0 Å². The molecule has 6 aromatic carbocycles. The average Bonchev–Trinajstić information content (AvgIpc) is 3.71. The Hall–Kier alpha value is -5.57. The van der Waals surface area contributed by atoms with Crippen LogP contribution in [-0.4, -0.2) is 19.6 Å². The van der Waals surface area contributed by atoms with Gasteiger partial charge in [0, 0.05) is 56.4 Å². The summed E-state index contributed by atoms with van der Waals surface area (Å²) in [5, 5.41) is 12.7. The maximum atomic E-state index is 12.7. The van der Waals surface area contributed by atoms with Crippen molar-refractivity contribution in [3.63, 3.8) is 0 Å². The molecule has 0 aliphatic rings. The number of fused-ring (bicyclic) bond motifs is 1. The molecule has 0 saturated carbocycles. The summed E-state index contributed by atoms with van der Waals surface area (Å²) in [4.78, 5) is 10.6. The molecule has 2 aromatic heterocycles. The van der Waals surface area contributed by atoms with E-state index in [0.29, 0.717) is 39.3 Å². The molecule has 2 heterocycles. The van der Waals surface area contributed by atoms with E-state index in [9.17, 15) is 5.11 Å². The zero-order chi connectivity index (χ0) is 58.6. The molecule has 372 valence electrons. The molecule has 0 bridgehead atoms. The molecule has 0 unspecified atom stereocenters. The molecule has 8 rings (SSSR count). The molecule has 0 saturated heterocycles. The summed E-state index contributed by atoms with van der Waals surface area (Å²) in [5.41, 5.74) is 9.93. The van der Waals surface area contributed by atoms with E-state index in [1.807, 2.05) is 6.07 Å². The molecule has 8 aromatic rings. The van der Waals surface area contributed by atoms with Gasteiger partial charge >= 0.3 is 0 Å². The number of nitrogens with zero attached hydrogens (tertiary/aromatic N) is 3. The van der Waals surface area contributed by atoms with E-state index in [1.165, 1.54) is 17.7 Å². The first-order valence-corrected chi connectivity index (χ1v) is 24.5. The van der Waals surface area contributed by atoms with Crippen LogP contribution in [0.25, 0.3) is 72.7 Å². The summed E-state index contributed by atoms with van der Waals surface area (Å²) in [5.74, 6) is 0.772. The maximum absolute atomic E-state index is 12.7. The number of phenolic OH excluding ortho intramolecular Hbond substituents is 1. The first-order valence-electron chi connectivity index (χ1n) is 29.0. The summed E-state index contributed by atoms with van der Waals surface area (Å²) in [6, 6.07) is 43.4. The Balaban J connectivity index is 0.00000924. The topological polar surface area (TPSA) is 50.9 Å². The molecule has 0 aliphatic heterocycles. The van der Waals surface area contributed by atoms with Gasteiger partial charge in [-0.25, -0.2) is 4.98 Å². The smallest absolute Gasteiger partial charge is 0.148 e. The van der Waals surface area contributed by atoms with Crippen LogP contribution >= 0.6 is 0 Å². The van der Waals surface area contributed by atoms with Crippen LogP contribution < -0.4 is 0 Å². The Kier molecular flexibility index (Phi) is 11.1. The minimum Gasteiger partial charge on any atom is -0.507 e. The predicted octanol–water partition coefficient (Wildman–Crippen LogP) is 18.0. The zero-order valence-corrected chi connectivity index (χ0v) is 46.5. The van der Waals surface area contributed by atoms with Crippen molar-refractivity contribution >= 4 is 11.0 Å². The van der Waals surface area contributed by atoms with Crippen molar-refractivity contribution in [1.29, 1.82) is 0 Å². The van der Waals surface area contributed by atoms with Crippen molar-refractivity contribution in [2.75, 3.05) is 0 Å². The van der Waals surface area contributed by atoms with Gasteiger partial charge in [-0.3, -0.25) is 9.55 Å². The largest absolute Gasteiger partial charge is 0.507 e. The van der Waals surface area contributed by atoms with E-state index >= 15 is 0 Å². The second-order valence-corrected chi connectivity index (χ2v) is 24.4. The van der Waals surface area contributed by atoms with Gasteiger partial charge in [0.1, 0.15) is 11.6 Å². The minimum atomic E-state index is -3.38. The number of hydrogen-bond acceptors (Lipinski definition) is 3. The minimum absolute atomic E-state index is 0. The third-order valence-electron chi connectivity index (χ3n) is 13.6. The van der Waals surface area contributed by atoms with E-state index in [-0.39, 0.29) is 54.0 Å². The first-order chi connectivity index (χ1) is 36.1. The van der Waals surface area contributed by atoms with E-state index in [1.54, 1.807) is 24.4 Å². The second-order valence-electron chi connectivity index (χ2n) is 24.4. The number of para-hydroxylation sites is 1. The fraction of sp³-hybridized carbons (Fsp3) is 0.364. The fourth-order valence-electron chi connectivity index (χ4n) is 9.08. The Morgan fingerprint density at radius 2 is 1.03 bits per heavy atom. The molecule has 5 heteroatoms. The van der Waals surface area contributed by atoms with Crippen LogP contribution in [0.15, 0.2) is 128 Å². The predicted molar refractivity (Wildman–Crippen MR) is 299 cm³/mol. The fourth-order valence-corrected chi connectivity index (χ4v) is 9.08. The normalized spacial score (nSPS) is 15.3. The molecule has 0 aliphatic carbocycles. The summed E-state index contributed by atoms with van der Waals surface area (Å²) < 4.78 is 76.4. The Morgan fingerprint density at radius 3 is 1.61 bits per heavy atom. The molecule has 1 N–H and O–H groups in total. The molecular weight excluding hydrogens is 1050 g/mol. The second kappa shape index (κ2) is 18.8. The van der Waals surface area contributed by atoms with Crippen molar-refractivity contribution in [3.05, 3.63) is 167 Å². The number of hydrogen-bond donors (Lipinski definition) is 1. The van der Waals surface area contributed by atoms with Crippen molar-refractivity contribution in [2.45, 2.75) is 157 Å². The van der Waals surface area contributed by atoms with Crippen LogP contribution in [0.1, 0.15) is 170 Å². The Morgan fingerprint density at radius 1 is 0.479 bits per heavy atom. The first kappa shape index (κ1) is 42.0. The van der Waals surface area contributed by atoms with Crippen LogP contribution in [0.5, 0.6) is 5.75 Å². The average molecular weight is 1130 g/mol. The third kappa shape index (κ3) is 11.0. The van der Waals surface area contributed by atoms with E-state index in [0.717, 1.165) is 55.7 Å². The molecule has 0 spiro atoms. The number of rotatable bonds is 6. The maximum Gasteiger partial charge on any atom is 0.148 e. The van der Waals surface area contributed by atoms with Crippen LogP contribution in [0.3, 0.4) is 0 Å². The Bertz CT molecular complexity index is 3550. The number of pyridine rings is 1. The number of aromatic hydroxyl groups is 1. The van der Waals surface area contributed by atoms with Gasteiger partial charge in [0.2, 0.25) is 0 Å². The van der Waals surface area contributed by atoms with Gasteiger partial charge in [-0.1, -0.05) is 220 Å². The van der Waals surface area contributed by atoms with Crippen molar-refractivity contribution in [1.82, 2.24) is 14.5 Å². The molecule has 0 radical (unpaired) electrons. The van der Waals surface area contributed by atoms with Crippen LogP contribution in [-0.2, 0) is 53.6 Å². The van der Waals surface area contributed by atoms with Gasteiger partial charge in [0.05, 0.1) is 22.3 Å². The van der Waals surface area contributed by atoms with Gasteiger partial charge < -0.3 is 5.11 Å². The number of benzene rings is 6. The molecular formula is C66H76N3OPt-. The Labute approximate surface area is 453 Å². The summed E-state index contributed by atoms with van der Waals surface area (Å²) in [6.07, 6.45) is 1.67. The van der Waals surface area contributed by atoms with Gasteiger partial charge in [-0.05, 0) is 95.7 Å². The molecule has 0 amide bonds. The number of aromatic nitrogens is 3. The van der Waals surface area contributed by atoms with E-state index in [4.69, 9.17) is 22.3 Å². The number of phenols is 1. The SMILES string of the molecule is [2H]C([2H])([2H])C(c1ccc(-c2ccnc(-c3[c-]c(-c4cccc5c4nc(-c4cc(C(C)(C)C)cc(C(C)(C)C)c4O)n5-c4cc(C(C)(C)C)ccc4-c4ccc(C(C)(C)C)cc4)cc(C(C)(C)C)c3)c2)cc1)(C([2H])([2H])[2H])C([2H])([2H])[2H].[Pt]. The third-order valence-corrected chi connectivity index (χ3v) is 13.6. The summed E-state index contributed by atoms with van der Waals surface area (Å²) >= 11 is 0. The van der Waals surface area contributed by atoms with Gasteiger partial charge in [-0.2, -0.15) is 0 Å². The van der Waals surface area contributed by atoms with E-state index in [2.05, 4.69) is 199 Å². The van der Waals surface area contributed by atoms with Crippen molar-refractivity contribution in [2.24, 2.45) is 0 Å². The summed E-state index contributed by atoms with van der Waals surface area (Å²) in [7, 11) is 0. The molecule has 0 atom stereocenters. The van der Waals surface area contributed by atoms with E-state index < -0.39 is 31.4 Å². The van der Waals surface area contributed by atoms with Crippen molar-refractivity contribution < 1.29 is 38.5 Å². The molecule has 0 fully saturated rings. The standard InChI is InChI=1S/C66H76N3O.Pt/c1-61(2,3)46-26-22-41(23-27-46)43-32-33-67-55(37-43)45-34-44(35-49(36-45)64(10,11)12)52-20-19-21-56-58(52)68-60(53-38-50(65(13,14)15)39-54(59(53)70)66(16,17)18)69(56)57-40-48(63(7,8)9)30-31-51(57)42-24-28-47(29-25-42)62(4,5)6;/h19-33,35-40,70H,1-18H3;/q-1;/i1D3,2D3,3D3;. The van der Waals surface area contributed by atoms with Crippen LogP contribution in [0.2, 0.25) is 0 Å². The van der Waals surface area contributed by atoms with Gasteiger partial charge in [0.15, 0.2) is 0 Å². The van der Waals surface area contributed by atoms with Crippen LogP contribution in [0.4, 0.5) is 0 Å². The van der Waals surface area contributed by atoms with Crippen molar-refractivity contribution in [3.8, 4) is 67.5 Å². The summed E-state index contributed by atoms with van der Waals surface area (Å²) in [6.45, 7) is 22.6. The van der Waals surface area contributed by atoms with Crippen LogP contribution in [0, 0.1) is 6.07 Å². The van der Waals surface area contributed by atoms with Gasteiger partial charge in [-0.15, -0.1) is 29.3 Å². The number of imidazole rings is 1. The monoisotopic (exact) mass is 1130 g/mol.